The first-order valence-corrected chi connectivity index (χ1v) is 8.29. The molecule has 1 amide bonds. The molecule has 1 heterocycles. The number of carbonyl (C=O) groups excluding carboxylic acids is 1. The first-order chi connectivity index (χ1) is 10.1. The van der Waals surface area contributed by atoms with Gasteiger partial charge in [0.2, 0.25) is 5.91 Å². The van der Waals surface area contributed by atoms with E-state index in [1.807, 2.05) is 12.1 Å². The molecule has 0 spiro atoms. The Balaban J connectivity index is 1.97. The molecule has 1 atom stereocenters. The maximum absolute atomic E-state index is 12.1. The van der Waals surface area contributed by atoms with Gasteiger partial charge in [0.1, 0.15) is 0 Å². The minimum atomic E-state index is 0.118. The van der Waals surface area contributed by atoms with E-state index in [-0.39, 0.29) is 11.8 Å². The van der Waals surface area contributed by atoms with Gasteiger partial charge in [-0.2, -0.15) is 0 Å². The Morgan fingerprint density at radius 1 is 1.29 bits per heavy atom. The highest BCUT2D eigenvalue weighted by atomic mass is 16.1. The molecule has 0 radical (unpaired) electrons. The molecular weight excluding hydrogens is 260 g/mol. The van der Waals surface area contributed by atoms with Crippen LogP contribution in [0.5, 0.6) is 0 Å². The summed E-state index contributed by atoms with van der Waals surface area (Å²) >= 11 is 0. The summed E-state index contributed by atoms with van der Waals surface area (Å²) in [5, 5.41) is 3.03. The van der Waals surface area contributed by atoms with Crippen LogP contribution in [0, 0.1) is 11.8 Å². The number of hydrogen-bond acceptors (Lipinski definition) is 2. The normalized spacial score (nSPS) is 18.9. The van der Waals surface area contributed by atoms with Crippen molar-refractivity contribution in [2.45, 2.75) is 46.5 Å². The molecule has 1 saturated heterocycles. The van der Waals surface area contributed by atoms with Crippen molar-refractivity contribution in [3.63, 3.8) is 0 Å². The fraction of sp³-hybridized carbons (Fsp3) is 0.611. The first-order valence-electron chi connectivity index (χ1n) is 8.29. The number of rotatable bonds is 5. The van der Waals surface area contributed by atoms with E-state index in [0.29, 0.717) is 0 Å². The van der Waals surface area contributed by atoms with E-state index in [9.17, 15) is 4.79 Å². The number of nitrogens with one attached hydrogen (secondary N) is 1. The molecule has 0 saturated carbocycles. The van der Waals surface area contributed by atoms with E-state index in [4.69, 9.17) is 0 Å². The van der Waals surface area contributed by atoms with Crippen molar-refractivity contribution in [1.29, 1.82) is 0 Å². The Labute approximate surface area is 128 Å². The lowest BCUT2D eigenvalue weighted by Crippen LogP contribution is -2.34. The van der Waals surface area contributed by atoms with Crippen molar-refractivity contribution < 1.29 is 4.79 Å². The van der Waals surface area contributed by atoms with Gasteiger partial charge < -0.3 is 10.2 Å². The van der Waals surface area contributed by atoms with Gasteiger partial charge in [-0.1, -0.05) is 20.8 Å². The number of anilines is 2. The van der Waals surface area contributed by atoms with Crippen molar-refractivity contribution in [3.05, 3.63) is 24.3 Å². The summed E-state index contributed by atoms with van der Waals surface area (Å²) in [6.45, 7) is 8.72. The van der Waals surface area contributed by atoms with Gasteiger partial charge in [0.15, 0.2) is 0 Å². The minimum Gasteiger partial charge on any atom is -0.371 e. The lowest BCUT2D eigenvalue weighted by atomic mass is 10.00. The van der Waals surface area contributed by atoms with Gasteiger partial charge in [-0.05, 0) is 55.9 Å². The van der Waals surface area contributed by atoms with Crippen LogP contribution in [0.4, 0.5) is 11.4 Å². The summed E-state index contributed by atoms with van der Waals surface area (Å²) in [5.41, 5.74) is 2.17. The third-order valence-electron chi connectivity index (χ3n) is 4.51. The van der Waals surface area contributed by atoms with Crippen LogP contribution in [0.15, 0.2) is 24.3 Å². The number of hydrogen-bond donors (Lipinski definition) is 1. The predicted molar refractivity (Wildman–Crippen MR) is 89.8 cm³/mol. The second kappa shape index (κ2) is 7.48. The smallest absolute Gasteiger partial charge is 0.227 e. The first kappa shape index (κ1) is 15.9. The highest BCUT2D eigenvalue weighted by molar-refractivity contribution is 5.92. The van der Waals surface area contributed by atoms with Crippen LogP contribution in [0.2, 0.25) is 0 Å². The Kier molecular flexibility index (Phi) is 5.66. The number of nitrogens with zero attached hydrogens (tertiary/aromatic N) is 1. The lowest BCUT2D eigenvalue weighted by Gasteiger charge is -2.32. The van der Waals surface area contributed by atoms with E-state index in [2.05, 4.69) is 43.1 Å². The lowest BCUT2D eigenvalue weighted by molar-refractivity contribution is -0.120. The molecule has 3 nitrogen and oxygen atoms in total. The third-order valence-corrected chi connectivity index (χ3v) is 4.51. The summed E-state index contributed by atoms with van der Waals surface area (Å²) in [4.78, 5) is 14.5. The van der Waals surface area contributed by atoms with Crippen LogP contribution in [-0.2, 0) is 4.79 Å². The van der Waals surface area contributed by atoms with Crippen LogP contribution in [0.1, 0.15) is 46.5 Å². The molecular formula is C18H28N2O. The molecule has 1 aliphatic rings. The van der Waals surface area contributed by atoms with Gasteiger partial charge in [0.05, 0.1) is 0 Å². The van der Waals surface area contributed by atoms with Crippen LogP contribution in [0.25, 0.3) is 0 Å². The van der Waals surface area contributed by atoms with Gasteiger partial charge in [0, 0.05) is 30.4 Å². The van der Waals surface area contributed by atoms with E-state index >= 15 is 0 Å². The summed E-state index contributed by atoms with van der Waals surface area (Å²) in [7, 11) is 0. The summed E-state index contributed by atoms with van der Waals surface area (Å²) < 4.78 is 0. The van der Waals surface area contributed by atoms with Gasteiger partial charge in [0.25, 0.3) is 0 Å². The highest BCUT2D eigenvalue weighted by Gasteiger charge is 2.17. The standard InChI is InChI=1S/C18H28N2O/c1-4-15(5-2)18(21)19-16-8-10-17(11-9-16)20-12-6-7-14(3)13-20/h8-11,14-15H,4-7,12-13H2,1-3H3,(H,19,21). The average molecular weight is 288 g/mol. The fourth-order valence-corrected chi connectivity index (χ4v) is 3.08. The molecule has 0 aliphatic carbocycles. The predicted octanol–water partition coefficient (Wildman–Crippen LogP) is 4.30. The number of amides is 1. The third kappa shape index (κ3) is 4.23. The monoisotopic (exact) mass is 288 g/mol. The number of piperidine rings is 1. The van der Waals surface area contributed by atoms with Crippen molar-refractivity contribution >= 4 is 17.3 Å². The van der Waals surface area contributed by atoms with Gasteiger partial charge in [-0.3, -0.25) is 4.79 Å². The zero-order chi connectivity index (χ0) is 15.2. The molecule has 2 rings (SSSR count). The van der Waals surface area contributed by atoms with Crippen LogP contribution in [0.3, 0.4) is 0 Å². The van der Waals surface area contributed by atoms with E-state index in [1.54, 1.807) is 0 Å². The Morgan fingerprint density at radius 2 is 1.95 bits per heavy atom. The van der Waals surface area contributed by atoms with Gasteiger partial charge >= 0.3 is 0 Å². The van der Waals surface area contributed by atoms with Crippen LogP contribution >= 0.6 is 0 Å². The molecule has 1 unspecified atom stereocenters. The van der Waals surface area contributed by atoms with Crippen molar-refractivity contribution in [1.82, 2.24) is 0 Å². The van der Waals surface area contributed by atoms with Crippen molar-refractivity contribution in [2.24, 2.45) is 11.8 Å². The second-order valence-corrected chi connectivity index (χ2v) is 6.24. The highest BCUT2D eigenvalue weighted by Crippen LogP contribution is 2.24. The molecule has 21 heavy (non-hydrogen) atoms. The maximum atomic E-state index is 12.1. The van der Waals surface area contributed by atoms with Crippen molar-refractivity contribution in [3.8, 4) is 0 Å². The van der Waals surface area contributed by atoms with E-state index in [1.165, 1.54) is 18.5 Å². The van der Waals surface area contributed by atoms with E-state index < -0.39 is 0 Å². The van der Waals surface area contributed by atoms with Crippen LogP contribution < -0.4 is 10.2 Å². The molecule has 0 aromatic heterocycles. The number of benzene rings is 1. The SMILES string of the molecule is CCC(CC)C(=O)Nc1ccc(N2CCCC(C)C2)cc1. The molecule has 116 valence electrons. The molecule has 0 bridgehead atoms. The molecule has 1 aromatic rings. The van der Waals surface area contributed by atoms with Gasteiger partial charge in [-0.15, -0.1) is 0 Å². The second-order valence-electron chi connectivity index (χ2n) is 6.24. The Morgan fingerprint density at radius 3 is 2.52 bits per heavy atom. The number of carbonyl (C=O) groups is 1. The Bertz CT molecular complexity index is 451. The molecule has 1 N–H and O–H groups in total. The van der Waals surface area contributed by atoms with Crippen molar-refractivity contribution in [2.75, 3.05) is 23.3 Å². The molecule has 1 aromatic carbocycles. The van der Waals surface area contributed by atoms with Crippen LogP contribution in [-0.4, -0.2) is 19.0 Å². The summed E-state index contributed by atoms with van der Waals surface area (Å²) in [6, 6.07) is 8.30. The summed E-state index contributed by atoms with van der Waals surface area (Å²) in [6.07, 6.45) is 4.40. The zero-order valence-electron chi connectivity index (χ0n) is 13.6. The average Bonchev–Trinajstić information content (AvgIpc) is 2.49. The molecule has 3 heteroatoms. The van der Waals surface area contributed by atoms with E-state index in [0.717, 1.165) is 37.5 Å². The largest absolute Gasteiger partial charge is 0.371 e. The maximum Gasteiger partial charge on any atom is 0.227 e. The molecule has 1 fully saturated rings. The molecule has 1 aliphatic heterocycles. The fourth-order valence-electron chi connectivity index (χ4n) is 3.08. The topological polar surface area (TPSA) is 32.3 Å². The quantitative estimate of drug-likeness (QED) is 0.876. The summed E-state index contributed by atoms with van der Waals surface area (Å²) in [5.74, 6) is 1.03. The van der Waals surface area contributed by atoms with Gasteiger partial charge in [-0.25, -0.2) is 0 Å². The zero-order valence-corrected chi connectivity index (χ0v) is 13.6. The minimum absolute atomic E-state index is 0.118. The Hall–Kier alpha value is -1.51.